The molecular formula is C12H16N4O3. The van der Waals surface area contributed by atoms with Crippen LogP contribution in [0, 0.1) is 6.92 Å². The van der Waals surface area contributed by atoms with Crippen molar-refractivity contribution in [3.63, 3.8) is 0 Å². The average Bonchev–Trinajstić information content (AvgIpc) is 2.64. The fourth-order valence-electron chi connectivity index (χ4n) is 2.21. The molecule has 19 heavy (non-hydrogen) atoms. The first-order valence-electron chi connectivity index (χ1n) is 5.85. The number of likely N-dealkylation sites (N-methyl/N-ethyl adjacent to an activating group) is 1. The highest BCUT2D eigenvalue weighted by atomic mass is 16.4. The maximum atomic E-state index is 11.3. The molecule has 2 N–H and O–H groups in total. The molecule has 0 unspecified atom stereocenters. The number of carboxylic acid groups (broad SMARTS) is 1. The third kappa shape index (κ3) is 2.12. The zero-order valence-corrected chi connectivity index (χ0v) is 11.1. The largest absolute Gasteiger partial charge is 0.478 e. The number of nitrogens with zero attached hydrogens (tertiary/aromatic N) is 4. The molecule has 7 nitrogen and oxygen atoms in total. The molecule has 0 atom stereocenters. The third-order valence-corrected chi connectivity index (χ3v) is 3.05. The van der Waals surface area contributed by atoms with Crippen molar-refractivity contribution in [1.29, 1.82) is 0 Å². The van der Waals surface area contributed by atoms with Crippen molar-refractivity contribution in [3.8, 4) is 0 Å². The van der Waals surface area contributed by atoms with Gasteiger partial charge in [-0.05, 0) is 6.92 Å². The van der Waals surface area contributed by atoms with Gasteiger partial charge >= 0.3 is 5.97 Å². The van der Waals surface area contributed by atoms with Crippen molar-refractivity contribution in [2.45, 2.75) is 6.92 Å². The second-order valence-electron chi connectivity index (χ2n) is 4.38. The molecule has 0 spiro atoms. The molecule has 2 heterocycles. The topological polar surface area (TPSA) is 91.5 Å². The number of carboxylic acids is 1. The van der Waals surface area contributed by atoms with E-state index in [4.69, 9.17) is 5.11 Å². The smallest absolute Gasteiger partial charge is 0.339 e. The Hall–Kier alpha value is -2.15. The molecule has 0 aliphatic heterocycles. The van der Waals surface area contributed by atoms with Gasteiger partial charge in [0.15, 0.2) is 5.65 Å². The zero-order valence-electron chi connectivity index (χ0n) is 11.1. The number of aliphatic hydroxyl groups excluding tert-OH is 1. The molecule has 0 fully saturated rings. The molecule has 0 radical (unpaired) electrons. The van der Waals surface area contributed by atoms with Gasteiger partial charge < -0.3 is 15.1 Å². The van der Waals surface area contributed by atoms with Crippen molar-refractivity contribution in [2.75, 3.05) is 25.1 Å². The van der Waals surface area contributed by atoms with E-state index in [9.17, 15) is 9.90 Å². The molecule has 0 aromatic carbocycles. The number of hydrogen-bond acceptors (Lipinski definition) is 5. The Morgan fingerprint density at radius 3 is 2.79 bits per heavy atom. The molecule has 0 bridgehead atoms. The molecule has 0 amide bonds. The Balaban J connectivity index is 2.79. The third-order valence-electron chi connectivity index (χ3n) is 3.05. The number of fused-ring (bicyclic) bond motifs is 1. The highest BCUT2D eigenvalue weighted by Gasteiger charge is 2.21. The number of aliphatic hydroxyl groups is 1. The molecule has 0 saturated carbocycles. The lowest BCUT2D eigenvalue weighted by molar-refractivity contribution is 0.0697. The fraction of sp³-hybridized carbons (Fsp3) is 0.417. The molecule has 2 rings (SSSR count). The molecule has 0 aliphatic rings. The summed E-state index contributed by atoms with van der Waals surface area (Å²) >= 11 is 0. The Morgan fingerprint density at radius 1 is 1.53 bits per heavy atom. The fourth-order valence-corrected chi connectivity index (χ4v) is 2.21. The number of aromatic nitrogens is 3. The quantitative estimate of drug-likeness (QED) is 0.830. The van der Waals surface area contributed by atoms with Gasteiger partial charge in [0.2, 0.25) is 0 Å². The molecule has 2 aromatic rings. The van der Waals surface area contributed by atoms with Crippen LogP contribution in [0.2, 0.25) is 0 Å². The molecule has 7 heteroatoms. The van der Waals surface area contributed by atoms with Crippen LogP contribution in [0.15, 0.2) is 6.20 Å². The lowest BCUT2D eigenvalue weighted by atomic mass is 10.1. The number of anilines is 1. The Morgan fingerprint density at radius 2 is 2.21 bits per heavy atom. The van der Waals surface area contributed by atoms with Crippen LogP contribution in [-0.2, 0) is 7.05 Å². The van der Waals surface area contributed by atoms with Crippen LogP contribution >= 0.6 is 0 Å². The number of hydrogen-bond donors (Lipinski definition) is 2. The minimum Gasteiger partial charge on any atom is -0.478 e. The predicted octanol–water partition coefficient (Wildman–Crippen LogP) is 0.403. The molecule has 0 aliphatic carbocycles. The second-order valence-corrected chi connectivity index (χ2v) is 4.38. The maximum Gasteiger partial charge on any atom is 0.339 e. The van der Waals surface area contributed by atoms with Crippen LogP contribution < -0.4 is 4.90 Å². The highest BCUT2D eigenvalue weighted by Crippen LogP contribution is 2.30. The average molecular weight is 264 g/mol. The van der Waals surface area contributed by atoms with Gasteiger partial charge in [-0.15, -0.1) is 0 Å². The van der Waals surface area contributed by atoms with E-state index in [0.29, 0.717) is 29.0 Å². The lowest BCUT2D eigenvalue weighted by Gasteiger charge is -2.21. The van der Waals surface area contributed by atoms with Gasteiger partial charge in [0.05, 0.1) is 23.4 Å². The van der Waals surface area contributed by atoms with E-state index < -0.39 is 5.97 Å². The van der Waals surface area contributed by atoms with Crippen molar-refractivity contribution in [3.05, 3.63) is 17.5 Å². The van der Waals surface area contributed by atoms with E-state index in [1.54, 1.807) is 23.7 Å². The van der Waals surface area contributed by atoms with Crippen molar-refractivity contribution in [2.24, 2.45) is 7.05 Å². The van der Waals surface area contributed by atoms with Gasteiger partial charge in [-0.1, -0.05) is 0 Å². The number of rotatable bonds is 4. The molecule has 2 aromatic heterocycles. The molecular weight excluding hydrogens is 248 g/mol. The summed E-state index contributed by atoms with van der Waals surface area (Å²) in [7, 11) is 3.50. The minimum atomic E-state index is -1.04. The Kier molecular flexibility index (Phi) is 3.39. The lowest BCUT2D eigenvalue weighted by Crippen LogP contribution is -2.24. The van der Waals surface area contributed by atoms with Gasteiger partial charge in [0.25, 0.3) is 0 Å². The summed E-state index contributed by atoms with van der Waals surface area (Å²) in [5.41, 5.74) is 1.99. The van der Waals surface area contributed by atoms with Crippen LogP contribution in [0.4, 0.5) is 5.69 Å². The van der Waals surface area contributed by atoms with E-state index in [2.05, 4.69) is 10.1 Å². The molecule has 0 saturated heterocycles. The summed E-state index contributed by atoms with van der Waals surface area (Å²) in [6, 6.07) is 0. The summed E-state index contributed by atoms with van der Waals surface area (Å²) in [6.45, 7) is 2.10. The van der Waals surface area contributed by atoms with E-state index in [-0.39, 0.29) is 12.2 Å². The minimum absolute atomic E-state index is 0.0569. The van der Waals surface area contributed by atoms with Crippen LogP contribution in [0.3, 0.4) is 0 Å². The maximum absolute atomic E-state index is 11.3. The van der Waals surface area contributed by atoms with E-state index >= 15 is 0 Å². The van der Waals surface area contributed by atoms with Crippen LogP contribution in [0.5, 0.6) is 0 Å². The first kappa shape index (κ1) is 13.3. The summed E-state index contributed by atoms with van der Waals surface area (Å²) < 4.78 is 1.62. The van der Waals surface area contributed by atoms with Crippen molar-refractivity contribution < 1.29 is 15.0 Å². The standard InChI is InChI=1S/C12H16N4O3/c1-7-9-10(15(2)4-5-17)8(12(18)19)6-13-11(9)16(3)14-7/h6,17H,4-5H2,1-3H3,(H,18,19). The Bertz CT molecular complexity index is 635. The first-order valence-corrected chi connectivity index (χ1v) is 5.85. The van der Waals surface area contributed by atoms with Gasteiger partial charge in [-0.25, -0.2) is 9.78 Å². The van der Waals surface area contributed by atoms with E-state index in [1.807, 2.05) is 6.92 Å². The highest BCUT2D eigenvalue weighted by molar-refractivity contribution is 6.04. The predicted molar refractivity (Wildman–Crippen MR) is 70.6 cm³/mol. The summed E-state index contributed by atoms with van der Waals surface area (Å²) in [5, 5.41) is 23.3. The van der Waals surface area contributed by atoms with Crippen LogP contribution in [-0.4, -0.2) is 51.1 Å². The van der Waals surface area contributed by atoms with E-state index in [1.165, 1.54) is 6.20 Å². The van der Waals surface area contributed by atoms with Gasteiger partial charge in [0.1, 0.15) is 5.56 Å². The number of aromatic carboxylic acids is 1. The second kappa shape index (κ2) is 4.85. The van der Waals surface area contributed by atoms with E-state index in [0.717, 1.165) is 0 Å². The summed E-state index contributed by atoms with van der Waals surface area (Å²) in [4.78, 5) is 17.2. The first-order chi connectivity index (χ1) is 8.97. The Labute approximate surface area is 110 Å². The SMILES string of the molecule is Cc1nn(C)c2ncc(C(=O)O)c(N(C)CCO)c12. The number of pyridine rings is 1. The monoisotopic (exact) mass is 264 g/mol. The van der Waals surface area contributed by atoms with Gasteiger partial charge in [0, 0.05) is 26.8 Å². The van der Waals surface area contributed by atoms with Gasteiger partial charge in [-0.2, -0.15) is 5.10 Å². The normalized spacial score (nSPS) is 10.9. The molecule has 102 valence electrons. The van der Waals surface area contributed by atoms with Crippen molar-refractivity contribution >= 4 is 22.7 Å². The van der Waals surface area contributed by atoms with Crippen LogP contribution in [0.25, 0.3) is 11.0 Å². The summed E-state index contributed by atoms with van der Waals surface area (Å²) in [6.07, 6.45) is 1.33. The zero-order chi connectivity index (χ0) is 14.2. The number of carbonyl (C=O) groups is 1. The van der Waals surface area contributed by atoms with Crippen molar-refractivity contribution in [1.82, 2.24) is 14.8 Å². The van der Waals surface area contributed by atoms with Gasteiger partial charge in [-0.3, -0.25) is 4.68 Å². The number of aryl methyl sites for hydroxylation is 2. The summed E-state index contributed by atoms with van der Waals surface area (Å²) in [5.74, 6) is -1.04. The van der Waals surface area contributed by atoms with Crippen LogP contribution in [0.1, 0.15) is 16.1 Å².